The van der Waals surface area contributed by atoms with Crippen LogP contribution in [0.15, 0.2) is 16.6 Å². The maximum Gasteiger partial charge on any atom is 0.223 e. The zero-order valence-electron chi connectivity index (χ0n) is 19.9. The number of piperidine rings is 1. The Morgan fingerprint density at radius 2 is 2.00 bits per heavy atom. The van der Waals surface area contributed by atoms with Gasteiger partial charge < -0.3 is 19.9 Å². The zero-order valence-corrected chi connectivity index (χ0v) is 22.3. The molecule has 4 rings (SSSR count). The van der Waals surface area contributed by atoms with E-state index in [1.54, 1.807) is 11.3 Å². The molecule has 2 heterocycles. The second-order valence-electron chi connectivity index (χ2n) is 9.36. The molecular formula is C25H37BrN4O2S. The number of thiazole rings is 1. The van der Waals surface area contributed by atoms with E-state index in [0.29, 0.717) is 6.61 Å². The number of halogens is 1. The molecule has 1 amide bonds. The molecule has 0 spiro atoms. The van der Waals surface area contributed by atoms with E-state index < -0.39 is 0 Å². The van der Waals surface area contributed by atoms with E-state index in [-0.39, 0.29) is 11.8 Å². The summed E-state index contributed by atoms with van der Waals surface area (Å²) in [6, 6.07) is 4.84. The molecule has 0 radical (unpaired) electrons. The monoisotopic (exact) mass is 536 g/mol. The van der Waals surface area contributed by atoms with Gasteiger partial charge in [0, 0.05) is 37.7 Å². The summed E-state index contributed by atoms with van der Waals surface area (Å²) >= 11 is 5.28. The van der Waals surface area contributed by atoms with Crippen molar-refractivity contribution in [1.82, 2.24) is 15.2 Å². The van der Waals surface area contributed by atoms with Crippen molar-refractivity contribution >= 4 is 48.5 Å². The molecule has 2 aromatic rings. The first kappa shape index (κ1) is 24.7. The number of nitrogens with one attached hydrogen (secondary N) is 1. The molecular weight excluding hydrogens is 500 g/mol. The number of rotatable bonds is 9. The van der Waals surface area contributed by atoms with E-state index in [4.69, 9.17) is 9.72 Å². The van der Waals surface area contributed by atoms with Crippen LogP contribution in [-0.4, -0.2) is 61.7 Å². The lowest BCUT2D eigenvalue weighted by atomic mass is 9.94. The second-order valence-corrected chi connectivity index (χ2v) is 11.2. The van der Waals surface area contributed by atoms with Gasteiger partial charge in [-0.15, -0.1) is 0 Å². The summed E-state index contributed by atoms with van der Waals surface area (Å²) in [6.45, 7) is 6.24. The summed E-state index contributed by atoms with van der Waals surface area (Å²) < 4.78 is 7.77. The molecule has 1 N–H and O–H groups in total. The van der Waals surface area contributed by atoms with Crippen molar-refractivity contribution in [1.29, 1.82) is 0 Å². The highest BCUT2D eigenvalue weighted by molar-refractivity contribution is 9.10. The number of carbonyl (C=O) groups is 1. The summed E-state index contributed by atoms with van der Waals surface area (Å²) in [5, 5.41) is 4.23. The lowest BCUT2D eigenvalue weighted by Gasteiger charge is -2.32. The number of amides is 1. The van der Waals surface area contributed by atoms with Crippen LogP contribution in [0, 0.1) is 5.92 Å². The average Bonchev–Trinajstić information content (AvgIpc) is 3.25. The third kappa shape index (κ3) is 6.40. The van der Waals surface area contributed by atoms with Gasteiger partial charge in [0.25, 0.3) is 0 Å². The first-order valence-electron chi connectivity index (χ1n) is 12.5. The van der Waals surface area contributed by atoms with Crippen molar-refractivity contribution in [2.75, 3.05) is 44.7 Å². The minimum Gasteiger partial charge on any atom is -0.493 e. The number of fused-ring (bicyclic) bond motifs is 1. The van der Waals surface area contributed by atoms with E-state index in [1.165, 1.54) is 32.1 Å². The molecule has 2 fully saturated rings. The van der Waals surface area contributed by atoms with Crippen molar-refractivity contribution in [3.63, 3.8) is 0 Å². The summed E-state index contributed by atoms with van der Waals surface area (Å²) in [5.41, 5.74) is 0.989. The maximum atomic E-state index is 12.7. The molecule has 182 valence electrons. The van der Waals surface area contributed by atoms with Crippen LogP contribution in [0.1, 0.15) is 58.3 Å². The Labute approximate surface area is 210 Å². The molecule has 33 heavy (non-hydrogen) atoms. The third-order valence-corrected chi connectivity index (χ3v) is 8.75. The Hall–Kier alpha value is -1.38. The molecule has 8 heteroatoms. The predicted octanol–water partition coefficient (Wildman–Crippen LogP) is 5.44. The minimum atomic E-state index is 0.116. The zero-order chi connectivity index (χ0) is 23.2. The van der Waals surface area contributed by atoms with E-state index in [2.05, 4.69) is 44.2 Å². The molecule has 0 unspecified atom stereocenters. The van der Waals surface area contributed by atoms with E-state index in [9.17, 15) is 4.79 Å². The third-order valence-electron chi connectivity index (χ3n) is 7.05. The van der Waals surface area contributed by atoms with Gasteiger partial charge in [-0.3, -0.25) is 4.79 Å². The molecule has 1 saturated carbocycles. The predicted molar refractivity (Wildman–Crippen MR) is 141 cm³/mol. The fourth-order valence-electron chi connectivity index (χ4n) is 5.04. The topological polar surface area (TPSA) is 57.7 Å². The van der Waals surface area contributed by atoms with Crippen LogP contribution in [0.25, 0.3) is 10.2 Å². The quantitative estimate of drug-likeness (QED) is 0.432. The number of carbonyl (C=O) groups excluding carboxylic acids is 1. The number of ether oxygens (including phenoxy) is 1. The normalized spacial score (nSPS) is 18.2. The molecule has 1 aromatic heterocycles. The lowest BCUT2D eigenvalue weighted by Crippen LogP contribution is -2.41. The lowest BCUT2D eigenvalue weighted by molar-refractivity contribution is -0.125. The molecule has 1 aliphatic carbocycles. The summed E-state index contributed by atoms with van der Waals surface area (Å²) in [7, 11) is 2.24. The first-order chi connectivity index (χ1) is 16.0. The van der Waals surface area contributed by atoms with Crippen LogP contribution >= 0.6 is 27.3 Å². The Bertz CT molecular complexity index is 923. The Morgan fingerprint density at radius 3 is 2.73 bits per heavy atom. The summed E-state index contributed by atoms with van der Waals surface area (Å²) in [5.74, 6) is 1.20. The Kier molecular flexibility index (Phi) is 8.88. The van der Waals surface area contributed by atoms with Gasteiger partial charge in [-0.05, 0) is 74.6 Å². The van der Waals surface area contributed by atoms with Gasteiger partial charge in [-0.2, -0.15) is 0 Å². The standard InChI is InChI=1S/C25H37BrN4O2S/c1-3-32-22-17-23-21(16-20(22)26)28-25(33-23)30-14-10-18(11-15-30)24(31)27-12-7-13-29(2)19-8-5-4-6-9-19/h16-19H,3-15H2,1-2H3,(H,27,31). The average molecular weight is 538 g/mol. The summed E-state index contributed by atoms with van der Waals surface area (Å²) in [4.78, 5) is 22.3. The van der Waals surface area contributed by atoms with E-state index in [1.807, 2.05) is 13.0 Å². The molecule has 1 aliphatic heterocycles. The fraction of sp³-hybridized carbons (Fsp3) is 0.680. The fourth-order valence-corrected chi connectivity index (χ4v) is 6.51. The van der Waals surface area contributed by atoms with E-state index in [0.717, 1.165) is 77.1 Å². The smallest absolute Gasteiger partial charge is 0.223 e. The van der Waals surface area contributed by atoms with Gasteiger partial charge in [0.15, 0.2) is 5.13 Å². The van der Waals surface area contributed by atoms with Gasteiger partial charge in [-0.1, -0.05) is 30.6 Å². The number of aromatic nitrogens is 1. The van der Waals surface area contributed by atoms with Crippen LogP contribution in [-0.2, 0) is 4.79 Å². The number of benzene rings is 1. The number of anilines is 1. The van der Waals surface area contributed by atoms with Crippen LogP contribution in [0.5, 0.6) is 5.75 Å². The molecule has 2 aliphatic rings. The van der Waals surface area contributed by atoms with Crippen molar-refractivity contribution in [2.24, 2.45) is 5.92 Å². The molecule has 1 saturated heterocycles. The maximum absolute atomic E-state index is 12.7. The van der Waals surface area contributed by atoms with Gasteiger partial charge in [0.2, 0.25) is 5.91 Å². The first-order valence-corrected chi connectivity index (χ1v) is 14.1. The number of nitrogens with zero attached hydrogens (tertiary/aromatic N) is 3. The number of hydrogen-bond donors (Lipinski definition) is 1. The second kappa shape index (κ2) is 11.8. The Balaban J connectivity index is 1.21. The molecule has 6 nitrogen and oxygen atoms in total. The van der Waals surface area contributed by atoms with Crippen molar-refractivity contribution < 1.29 is 9.53 Å². The summed E-state index contributed by atoms with van der Waals surface area (Å²) in [6.07, 6.45) is 9.60. The highest BCUT2D eigenvalue weighted by atomic mass is 79.9. The molecule has 0 bridgehead atoms. The van der Waals surface area contributed by atoms with Crippen LogP contribution in [0.3, 0.4) is 0 Å². The SMILES string of the molecule is CCOc1cc2sc(N3CCC(C(=O)NCCCN(C)C4CCCCC4)CC3)nc2cc1Br. The highest BCUT2D eigenvalue weighted by Gasteiger charge is 2.26. The minimum absolute atomic E-state index is 0.116. The van der Waals surface area contributed by atoms with Crippen molar-refractivity contribution in [3.8, 4) is 5.75 Å². The largest absolute Gasteiger partial charge is 0.493 e. The highest BCUT2D eigenvalue weighted by Crippen LogP contribution is 2.37. The van der Waals surface area contributed by atoms with Crippen LogP contribution in [0.2, 0.25) is 0 Å². The van der Waals surface area contributed by atoms with Gasteiger partial charge in [-0.25, -0.2) is 4.98 Å². The van der Waals surface area contributed by atoms with Gasteiger partial charge >= 0.3 is 0 Å². The van der Waals surface area contributed by atoms with Crippen molar-refractivity contribution in [2.45, 2.75) is 64.3 Å². The van der Waals surface area contributed by atoms with Gasteiger partial charge in [0.1, 0.15) is 5.75 Å². The Morgan fingerprint density at radius 1 is 1.24 bits per heavy atom. The number of hydrogen-bond acceptors (Lipinski definition) is 6. The van der Waals surface area contributed by atoms with Crippen LogP contribution in [0.4, 0.5) is 5.13 Å². The molecule has 0 atom stereocenters. The van der Waals surface area contributed by atoms with Gasteiger partial charge in [0.05, 0.1) is 21.3 Å². The van der Waals surface area contributed by atoms with Crippen LogP contribution < -0.4 is 15.0 Å². The molecule has 1 aromatic carbocycles. The van der Waals surface area contributed by atoms with E-state index >= 15 is 0 Å². The van der Waals surface area contributed by atoms with Crippen molar-refractivity contribution in [3.05, 3.63) is 16.6 Å².